The first-order valence-electron chi connectivity index (χ1n) is 10.8. The first kappa shape index (κ1) is 23.8. The molecule has 2 amide bonds. The molecule has 0 aromatic heterocycles. The van der Waals surface area contributed by atoms with Gasteiger partial charge in [-0.15, -0.1) is 0 Å². The molecule has 2 aliphatic rings. The molecular formula is C26H19Cl3N2O4. The fourth-order valence-corrected chi connectivity index (χ4v) is 5.58. The maximum absolute atomic E-state index is 14.1. The predicted octanol–water partition coefficient (Wildman–Crippen LogP) is 4.84. The van der Waals surface area contributed by atoms with Crippen molar-refractivity contribution in [3.63, 3.8) is 0 Å². The Hall–Kier alpha value is -2.90. The van der Waals surface area contributed by atoms with Crippen LogP contribution in [0.15, 0.2) is 72.8 Å². The molecule has 1 N–H and O–H groups in total. The quantitative estimate of drug-likeness (QED) is 0.387. The van der Waals surface area contributed by atoms with E-state index in [1.807, 2.05) is 0 Å². The minimum absolute atomic E-state index is 0.378. The number of nitrogens with zero attached hydrogens (tertiary/aromatic N) is 1. The number of hydrogen-bond acceptors (Lipinski definition) is 5. The van der Waals surface area contributed by atoms with Crippen LogP contribution in [0.25, 0.3) is 0 Å². The number of carbonyl (C=O) groups is 3. The minimum Gasteiger partial charge on any atom is -0.468 e. The van der Waals surface area contributed by atoms with Gasteiger partial charge in [-0.25, -0.2) is 4.90 Å². The molecule has 0 spiro atoms. The number of fused-ring (bicyclic) bond motifs is 1. The van der Waals surface area contributed by atoms with Gasteiger partial charge in [-0.1, -0.05) is 59.1 Å². The minimum atomic E-state index is -1.23. The highest BCUT2D eigenvalue weighted by molar-refractivity contribution is 6.31. The Labute approximate surface area is 216 Å². The maximum atomic E-state index is 14.1. The van der Waals surface area contributed by atoms with Crippen molar-refractivity contribution in [2.24, 2.45) is 11.8 Å². The molecule has 6 nitrogen and oxygen atoms in total. The molecule has 9 heteroatoms. The second kappa shape index (κ2) is 8.95. The molecular weight excluding hydrogens is 511 g/mol. The average Bonchev–Trinajstić information content (AvgIpc) is 3.35. The van der Waals surface area contributed by atoms with E-state index in [9.17, 15) is 14.4 Å². The van der Waals surface area contributed by atoms with Crippen LogP contribution in [0.4, 0.5) is 5.69 Å². The van der Waals surface area contributed by atoms with Crippen LogP contribution < -0.4 is 10.2 Å². The van der Waals surface area contributed by atoms with E-state index >= 15 is 0 Å². The standard InChI is InChI=1S/C26H19Cl3N2O4/c1-35-25(34)22-20-21(24(33)31(23(20)32)19-12-10-18(29)11-13-19)26(30-22,14-2-6-16(27)7-3-14)15-4-8-17(28)9-5-15/h2-13,20-22,30H,1H3/t20-,21+,22-/m1/s1. The van der Waals surface area contributed by atoms with Crippen LogP contribution in [-0.2, 0) is 24.7 Å². The van der Waals surface area contributed by atoms with Crippen molar-refractivity contribution in [3.05, 3.63) is 99.0 Å². The predicted molar refractivity (Wildman–Crippen MR) is 134 cm³/mol. The highest BCUT2D eigenvalue weighted by Gasteiger charge is 2.68. The lowest BCUT2D eigenvalue weighted by Gasteiger charge is -2.36. The number of ether oxygens (including phenoxy) is 1. The zero-order valence-corrected chi connectivity index (χ0v) is 20.6. The third kappa shape index (κ3) is 3.72. The second-order valence-electron chi connectivity index (χ2n) is 8.46. The van der Waals surface area contributed by atoms with Gasteiger partial charge in [0.25, 0.3) is 0 Å². The Bertz CT molecular complexity index is 1260. The van der Waals surface area contributed by atoms with Gasteiger partial charge in [-0.05, 0) is 59.7 Å². The Morgan fingerprint density at radius 3 is 1.71 bits per heavy atom. The summed E-state index contributed by atoms with van der Waals surface area (Å²) in [5.74, 6) is -3.51. The van der Waals surface area contributed by atoms with E-state index in [0.717, 1.165) is 4.90 Å². The number of anilines is 1. The number of benzene rings is 3. The number of imide groups is 1. The fourth-order valence-electron chi connectivity index (χ4n) is 5.20. The Morgan fingerprint density at radius 1 is 0.800 bits per heavy atom. The smallest absolute Gasteiger partial charge is 0.323 e. The van der Waals surface area contributed by atoms with E-state index in [0.29, 0.717) is 31.9 Å². The molecule has 178 valence electrons. The number of halogens is 3. The van der Waals surface area contributed by atoms with Crippen LogP contribution in [0, 0.1) is 11.8 Å². The average molecular weight is 530 g/mol. The van der Waals surface area contributed by atoms with Crippen LogP contribution in [0.3, 0.4) is 0 Å². The van der Waals surface area contributed by atoms with Gasteiger partial charge in [0.15, 0.2) is 0 Å². The lowest BCUT2D eigenvalue weighted by Crippen LogP contribution is -2.51. The summed E-state index contributed by atoms with van der Waals surface area (Å²) >= 11 is 18.3. The third-order valence-electron chi connectivity index (χ3n) is 6.70. The van der Waals surface area contributed by atoms with Crippen molar-refractivity contribution < 1.29 is 19.1 Å². The number of esters is 1. The second-order valence-corrected chi connectivity index (χ2v) is 9.77. The summed E-state index contributed by atoms with van der Waals surface area (Å²) in [7, 11) is 1.25. The molecule has 3 aromatic rings. The summed E-state index contributed by atoms with van der Waals surface area (Å²) in [6.07, 6.45) is 0. The van der Waals surface area contributed by atoms with Crippen molar-refractivity contribution in [2.45, 2.75) is 11.6 Å². The molecule has 0 saturated carbocycles. The molecule has 2 saturated heterocycles. The molecule has 2 fully saturated rings. The van der Waals surface area contributed by atoms with Crippen molar-refractivity contribution in [2.75, 3.05) is 12.0 Å². The Kier molecular flexibility index (Phi) is 6.09. The number of methoxy groups -OCH3 is 1. The zero-order chi connectivity index (χ0) is 24.9. The van der Waals surface area contributed by atoms with E-state index in [1.54, 1.807) is 72.8 Å². The normalized spacial score (nSPS) is 22.9. The van der Waals surface area contributed by atoms with Crippen molar-refractivity contribution in [1.29, 1.82) is 0 Å². The molecule has 35 heavy (non-hydrogen) atoms. The molecule has 3 aromatic carbocycles. The first-order valence-corrected chi connectivity index (χ1v) is 11.9. The number of rotatable bonds is 4. The Balaban J connectivity index is 1.75. The van der Waals surface area contributed by atoms with Crippen LogP contribution >= 0.6 is 34.8 Å². The molecule has 0 unspecified atom stereocenters. The molecule has 5 rings (SSSR count). The van der Waals surface area contributed by atoms with E-state index in [1.165, 1.54) is 7.11 Å². The summed E-state index contributed by atoms with van der Waals surface area (Å²) in [5, 5.41) is 4.81. The van der Waals surface area contributed by atoms with Crippen LogP contribution in [0.1, 0.15) is 11.1 Å². The Morgan fingerprint density at radius 2 is 1.26 bits per heavy atom. The molecule has 0 aliphatic carbocycles. The maximum Gasteiger partial charge on any atom is 0.323 e. The molecule has 2 aliphatic heterocycles. The summed E-state index contributed by atoms with van der Waals surface area (Å²) in [6, 6.07) is 19.3. The molecule has 3 atom stereocenters. The monoisotopic (exact) mass is 528 g/mol. The van der Waals surface area contributed by atoms with E-state index < -0.39 is 41.2 Å². The van der Waals surface area contributed by atoms with Gasteiger partial charge in [0.05, 0.1) is 30.2 Å². The van der Waals surface area contributed by atoms with Gasteiger partial charge in [0.2, 0.25) is 11.8 Å². The van der Waals surface area contributed by atoms with E-state index in [-0.39, 0.29) is 0 Å². The number of nitrogens with one attached hydrogen (secondary N) is 1. The van der Waals surface area contributed by atoms with E-state index in [4.69, 9.17) is 39.5 Å². The van der Waals surface area contributed by atoms with Gasteiger partial charge < -0.3 is 4.74 Å². The van der Waals surface area contributed by atoms with Gasteiger partial charge in [0.1, 0.15) is 6.04 Å². The fraction of sp³-hybridized carbons (Fsp3) is 0.192. The van der Waals surface area contributed by atoms with E-state index in [2.05, 4.69) is 5.32 Å². The van der Waals surface area contributed by atoms with Crippen LogP contribution in [0.2, 0.25) is 15.1 Å². The molecule has 0 radical (unpaired) electrons. The van der Waals surface area contributed by atoms with Crippen LogP contribution in [-0.4, -0.2) is 30.9 Å². The summed E-state index contributed by atoms with van der Waals surface area (Å²) in [5.41, 5.74) is 0.491. The largest absolute Gasteiger partial charge is 0.468 e. The van der Waals surface area contributed by atoms with Crippen molar-refractivity contribution in [3.8, 4) is 0 Å². The molecule has 0 bridgehead atoms. The third-order valence-corrected chi connectivity index (χ3v) is 7.45. The lowest BCUT2D eigenvalue weighted by molar-refractivity contribution is -0.145. The van der Waals surface area contributed by atoms with Gasteiger partial charge in [-0.3, -0.25) is 19.7 Å². The zero-order valence-electron chi connectivity index (χ0n) is 18.4. The first-order chi connectivity index (χ1) is 16.8. The summed E-state index contributed by atoms with van der Waals surface area (Å²) < 4.78 is 5.04. The van der Waals surface area contributed by atoms with Crippen molar-refractivity contribution >= 4 is 58.3 Å². The van der Waals surface area contributed by atoms with Crippen LogP contribution in [0.5, 0.6) is 0 Å². The lowest BCUT2D eigenvalue weighted by atomic mass is 9.72. The number of hydrogen-bond donors (Lipinski definition) is 1. The molecule has 2 heterocycles. The summed E-state index contributed by atoms with van der Waals surface area (Å²) in [4.78, 5) is 41.9. The summed E-state index contributed by atoms with van der Waals surface area (Å²) in [6.45, 7) is 0. The SMILES string of the molecule is COC(=O)[C@@H]1NC(c2ccc(Cl)cc2)(c2ccc(Cl)cc2)[C@@H]2C(=O)N(c3ccc(Cl)cc3)C(=O)[C@H]21. The highest BCUT2D eigenvalue weighted by atomic mass is 35.5. The van der Waals surface area contributed by atoms with Gasteiger partial charge in [-0.2, -0.15) is 0 Å². The topological polar surface area (TPSA) is 75.7 Å². The van der Waals surface area contributed by atoms with Gasteiger partial charge in [0, 0.05) is 15.1 Å². The van der Waals surface area contributed by atoms with Crippen molar-refractivity contribution in [1.82, 2.24) is 5.32 Å². The number of carbonyl (C=O) groups excluding carboxylic acids is 3. The number of amides is 2. The highest BCUT2D eigenvalue weighted by Crippen LogP contribution is 2.52. The van der Waals surface area contributed by atoms with Gasteiger partial charge >= 0.3 is 5.97 Å².